The van der Waals surface area contributed by atoms with Crippen molar-refractivity contribution in [2.75, 3.05) is 13.1 Å². The molecule has 0 N–H and O–H groups in total. The lowest BCUT2D eigenvalue weighted by Gasteiger charge is -2.37. The number of nitro groups is 1. The average molecular weight is 351 g/mol. The highest BCUT2D eigenvalue weighted by atomic mass is 35.5. The van der Waals surface area contributed by atoms with Gasteiger partial charge in [0.1, 0.15) is 5.15 Å². The van der Waals surface area contributed by atoms with E-state index in [-0.39, 0.29) is 10.8 Å². The van der Waals surface area contributed by atoms with Crippen molar-refractivity contribution in [2.45, 2.75) is 45.7 Å². The van der Waals surface area contributed by atoms with Gasteiger partial charge in [-0.25, -0.2) is 4.98 Å². The topological polar surface area (TPSA) is 62.5 Å². The first-order chi connectivity index (χ1) is 11.5. The average Bonchev–Trinajstić information content (AvgIpc) is 2.93. The molecule has 2 aliphatic heterocycles. The van der Waals surface area contributed by atoms with Crippen LogP contribution in [0.1, 0.15) is 38.7 Å². The van der Waals surface area contributed by atoms with Crippen LogP contribution in [0.4, 0.5) is 0 Å². The highest BCUT2D eigenvalue weighted by Crippen LogP contribution is 2.38. The van der Waals surface area contributed by atoms with E-state index >= 15 is 0 Å². The third-order valence-electron chi connectivity index (χ3n) is 4.93. The molecular weight excluding hydrogens is 328 g/mol. The second-order valence-electron chi connectivity index (χ2n) is 6.65. The fraction of sp³-hybridized carbons (Fsp3) is 0.588. The van der Waals surface area contributed by atoms with Gasteiger partial charge in [-0.3, -0.25) is 10.1 Å². The molecule has 0 aliphatic carbocycles. The Morgan fingerprint density at radius 1 is 1.42 bits per heavy atom. The molecule has 0 bridgehead atoms. The lowest BCUT2D eigenvalue weighted by Crippen LogP contribution is -2.41. The minimum Gasteiger partial charge on any atom is -0.348 e. The largest absolute Gasteiger partial charge is 0.348 e. The Kier molecular flexibility index (Phi) is 4.94. The van der Waals surface area contributed by atoms with Gasteiger partial charge in [0.05, 0.1) is 10.8 Å². The zero-order chi connectivity index (χ0) is 17.3. The van der Waals surface area contributed by atoms with Gasteiger partial charge in [0.15, 0.2) is 5.82 Å². The maximum atomic E-state index is 11.7. The maximum Gasteiger partial charge on any atom is 0.289 e. The molecule has 3 rings (SSSR count). The van der Waals surface area contributed by atoms with Crippen molar-refractivity contribution >= 4 is 11.6 Å². The standard InChI is InChI=1S/C17H23ClN4O2/c1-3-4-14-9-12(2)16(22(23)24)17-20(7-8-21(14)17)11-13-5-6-15(18)19-10-13/h5-6,10,12,14H,3-4,7-9,11H2,1-2H3/t12-,14+/m1/s1. The smallest absolute Gasteiger partial charge is 0.289 e. The van der Waals surface area contributed by atoms with Gasteiger partial charge in [-0.05, 0) is 24.5 Å². The summed E-state index contributed by atoms with van der Waals surface area (Å²) in [7, 11) is 0. The molecule has 2 aliphatic rings. The zero-order valence-electron chi connectivity index (χ0n) is 14.1. The number of rotatable bonds is 5. The van der Waals surface area contributed by atoms with Crippen LogP contribution in [0.3, 0.4) is 0 Å². The number of aromatic nitrogens is 1. The second kappa shape index (κ2) is 6.97. The van der Waals surface area contributed by atoms with Crippen molar-refractivity contribution in [1.29, 1.82) is 0 Å². The van der Waals surface area contributed by atoms with E-state index in [1.165, 1.54) is 0 Å². The Bertz CT molecular complexity index is 646. The summed E-state index contributed by atoms with van der Waals surface area (Å²) in [6, 6.07) is 4.09. The molecule has 0 radical (unpaired) electrons. The maximum absolute atomic E-state index is 11.7. The molecule has 3 heterocycles. The fourth-order valence-corrected chi connectivity index (χ4v) is 4.01. The highest BCUT2D eigenvalue weighted by molar-refractivity contribution is 6.29. The molecular formula is C17H23ClN4O2. The monoisotopic (exact) mass is 350 g/mol. The third-order valence-corrected chi connectivity index (χ3v) is 5.15. The van der Waals surface area contributed by atoms with E-state index in [0.717, 1.165) is 43.7 Å². The summed E-state index contributed by atoms with van der Waals surface area (Å²) in [4.78, 5) is 20.0. The minimum atomic E-state index is -0.187. The Balaban J connectivity index is 1.92. The number of hydrogen-bond acceptors (Lipinski definition) is 5. The van der Waals surface area contributed by atoms with Crippen LogP contribution < -0.4 is 0 Å². The molecule has 2 atom stereocenters. The summed E-state index contributed by atoms with van der Waals surface area (Å²) in [5.41, 5.74) is 1.38. The van der Waals surface area contributed by atoms with Crippen LogP contribution in [0.15, 0.2) is 29.8 Å². The van der Waals surface area contributed by atoms with E-state index in [2.05, 4.69) is 21.7 Å². The molecule has 6 nitrogen and oxygen atoms in total. The number of pyridine rings is 1. The molecule has 0 amide bonds. The molecule has 130 valence electrons. The molecule has 1 saturated heterocycles. The SMILES string of the molecule is CCC[C@H]1C[C@@H](C)C([N+](=O)[O-])=C2N(Cc3ccc(Cl)nc3)CCN21. The van der Waals surface area contributed by atoms with Crippen molar-refractivity contribution in [3.8, 4) is 0 Å². The second-order valence-corrected chi connectivity index (χ2v) is 7.04. The Morgan fingerprint density at radius 3 is 2.83 bits per heavy atom. The number of hydrogen-bond donors (Lipinski definition) is 0. The van der Waals surface area contributed by atoms with Gasteiger partial charge in [-0.2, -0.15) is 0 Å². The molecule has 0 aromatic carbocycles. The van der Waals surface area contributed by atoms with Crippen molar-refractivity contribution < 1.29 is 4.92 Å². The Morgan fingerprint density at radius 2 is 2.21 bits per heavy atom. The molecule has 1 aromatic heterocycles. The quantitative estimate of drug-likeness (QED) is 0.462. The van der Waals surface area contributed by atoms with Gasteiger partial charge in [0, 0.05) is 31.9 Å². The summed E-state index contributed by atoms with van der Waals surface area (Å²) in [6.45, 7) is 6.43. The minimum absolute atomic E-state index is 0.0215. The van der Waals surface area contributed by atoms with Gasteiger partial charge in [-0.1, -0.05) is 37.9 Å². The first-order valence-corrected chi connectivity index (χ1v) is 8.89. The number of halogens is 1. The van der Waals surface area contributed by atoms with Crippen LogP contribution in [0.2, 0.25) is 5.15 Å². The van der Waals surface area contributed by atoms with Crippen LogP contribution in [0.5, 0.6) is 0 Å². The van der Waals surface area contributed by atoms with Gasteiger partial charge in [0.2, 0.25) is 0 Å². The third kappa shape index (κ3) is 3.20. The van der Waals surface area contributed by atoms with Crippen molar-refractivity contribution in [1.82, 2.24) is 14.8 Å². The molecule has 0 saturated carbocycles. The van der Waals surface area contributed by atoms with Crippen LogP contribution in [-0.2, 0) is 6.54 Å². The van der Waals surface area contributed by atoms with E-state index in [1.807, 2.05) is 13.0 Å². The van der Waals surface area contributed by atoms with Crippen molar-refractivity contribution in [3.63, 3.8) is 0 Å². The molecule has 0 unspecified atom stereocenters. The molecule has 1 aromatic rings. The lowest BCUT2D eigenvalue weighted by molar-refractivity contribution is -0.438. The van der Waals surface area contributed by atoms with E-state index in [9.17, 15) is 10.1 Å². The van der Waals surface area contributed by atoms with Crippen LogP contribution in [-0.4, -0.2) is 38.8 Å². The van der Waals surface area contributed by atoms with E-state index < -0.39 is 0 Å². The number of nitrogens with zero attached hydrogens (tertiary/aromatic N) is 4. The summed E-state index contributed by atoms with van der Waals surface area (Å²) < 4.78 is 0. The summed E-state index contributed by atoms with van der Waals surface area (Å²) in [6.07, 6.45) is 4.78. The predicted molar refractivity (Wildman–Crippen MR) is 92.9 cm³/mol. The highest BCUT2D eigenvalue weighted by Gasteiger charge is 2.44. The normalized spacial score (nSPS) is 23.6. The van der Waals surface area contributed by atoms with Crippen LogP contribution in [0, 0.1) is 16.0 Å². The van der Waals surface area contributed by atoms with Crippen molar-refractivity contribution in [2.24, 2.45) is 5.92 Å². The van der Waals surface area contributed by atoms with E-state index in [4.69, 9.17) is 11.6 Å². The predicted octanol–water partition coefficient (Wildman–Crippen LogP) is 3.51. The van der Waals surface area contributed by atoms with Gasteiger partial charge >= 0.3 is 0 Å². The van der Waals surface area contributed by atoms with Gasteiger partial charge < -0.3 is 9.80 Å². The first kappa shape index (κ1) is 17.0. The fourth-order valence-electron chi connectivity index (χ4n) is 3.90. The molecule has 0 spiro atoms. The van der Waals surface area contributed by atoms with Crippen LogP contribution >= 0.6 is 11.6 Å². The molecule has 7 heteroatoms. The summed E-state index contributed by atoms with van der Waals surface area (Å²) in [5.74, 6) is 0.791. The summed E-state index contributed by atoms with van der Waals surface area (Å²) >= 11 is 5.85. The first-order valence-electron chi connectivity index (χ1n) is 8.51. The van der Waals surface area contributed by atoms with Crippen molar-refractivity contribution in [3.05, 3.63) is 50.7 Å². The molecule has 24 heavy (non-hydrogen) atoms. The molecule has 1 fully saturated rings. The van der Waals surface area contributed by atoms with Gasteiger partial charge in [0.25, 0.3) is 5.70 Å². The summed E-state index contributed by atoms with van der Waals surface area (Å²) in [5, 5.41) is 12.1. The number of allylic oxidation sites excluding steroid dienone is 1. The Hall–Kier alpha value is -1.82. The van der Waals surface area contributed by atoms with E-state index in [1.54, 1.807) is 12.3 Å². The Labute approximate surface area is 147 Å². The van der Waals surface area contributed by atoms with Crippen LogP contribution in [0.25, 0.3) is 0 Å². The van der Waals surface area contributed by atoms with Gasteiger partial charge in [-0.15, -0.1) is 0 Å². The number of fused-ring (bicyclic) bond motifs is 1. The zero-order valence-corrected chi connectivity index (χ0v) is 14.9. The van der Waals surface area contributed by atoms with E-state index in [0.29, 0.717) is 23.4 Å². The lowest BCUT2D eigenvalue weighted by atomic mass is 9.91.